The van der Waals surface area contributed by atoms with E-state index in [9.17, 15) is 14.8 Å². The summed E-state index contributed by atoms with van der Waals surface area (Å²) in [4.78, 5) is 12.8. The van der Waals surface area contributed by atoms with E-state index in [1.165, 1.54) is 0 Å². The molecular formula is C19H28ClN4O6P. The lowest BCUT2D eigenvalue weighted by molar-refractivity contribution is -0.0490. The van der Waals surface area contributed by atoms with Crippen molar-refractivity contribution in [3.63, 3.8) is 0 Å². The van der Waals surface area contributed by atoms with Crippen LogP contribution in [-0.2, 0) is 18.3 Å². The number of ether oxygens (including phenoxy) is 1. The van der Waals surface area contributed by atoms with Crippen LogP contribution in [0.1, 0.15) is 37.7 Å². The van der Waals surface area contributed by atoms with E-state index in [1.807, 2.05) is 0 Å². The van der Waals surface area contributed by atoms with E-state index in [0.29, 0.717) is 22.4 Å². The fraction of sp³-hybridized carbons (Fsp3) is 0.632. The van der Waals surface area contributed by atoms with Gasteiger partial charge >= 0.3 is 7.60 Å². The molecule has 0 spiro atoms. The molecule has 10 nitrogen and oxygen atoms in total. The lowest BCUT2D eigenvalue weighted by Crippen LogP contribution is -2.33. The first kappa shape index (κ1) is 24.3. The van der Waals surface area contributed by atoms with Gasteiger partial charge in [-0.1, -0.05) is 11.6 Å². The fourth-order valence-electron chi connectivity index (χ4n) is 3.83. The molecule has 0 saturated heterocycles. The molecule has 1 saturated carbocycles. The number of hydrogen-bond donors (Lipinski definition) is 2. The number of aryl methyl sites for hydroxylation is 1. The van der Waals surface area contributed by atoms with Gasteiger partial charge in [-0.25, -0.2) is 9.97 Å². The van der Waals surface area contributed by atoms with Gasteiger partial charge in [0.05, 0.1) is 30.7 Å². The molecule has 2 N–H and O–H groups in total. The molecule has 0 radical (unpaired) electrons. The molecule has 1 aliphatic carbocycles. The first-order chi connectivity index (χ1) is 14.7. The Morgan fingerprint density at radius 3 is 2.58 bits per heavy atom. The standard InChI is InChI=1S/C19H28ClN4O6P/c1-5-29-31(27,30-6-2)10-28-14-7-13(16(25)17(14)26)24-9-12(8-21-4)15-18(20)22-11(3)23-19(15)24/h8-9,13-14,16-17,25-26H,5-7,10H2,1-4H3/t13-,14+,16+,17-/m1/s1. The van der Waals surface area contributed by atoms with E-state index in [4.69, 9.17) is 25.4 Å². The summed E-state index contributed by atoms with van der Waals surface area (Å²) < 4.78 is 30.6. The Bertz CT molecular complexity index is 989. The van der Waals surface area contributed by atoms with Crippen LogP contribution in [0.25, 0.3) is 11.0 Å². The van der Waals surface area contributed by atoms with Crippen LogP contribution in [0, 0.1) is 6.92 Å². The third-order valence-corrected chi connectivity index (χ3v) is 7.13. The number of hydrogen-bond acceptors (Lipinski definition) is 9. The Kier molecular flexibility index (Phi) is 7.86. The highest BCUT2D eigenvalue weighted by Crippen LogP contribution is 2.49. The van der Waals surface area contributed by atoms with Gasteiger partial charge in [0.25, 0.3) is 0 Å². The summed E-state index contributed by atoms with van der Waals surface area (Å²) in [7, 11) is -1.81. The van der Waals surface area contributed by atoms with Gasteiger partial charge in [0.2, 0.25) is 0 Å². The first-order valence-electron chi connectivity index (χ1n) is 10.1. The maximum absolute atomic E-state index is 12.7. The molecule has 2 aromatic rings. The Hall–Kier alpha value is -1.39. The molecule has 0 amide bonds. The summed E-state index contributed by atoms with van der Waals surface area (Å²) >= 11 is 6.35. The molecule has 1 fully saturated rings. The number of halogens is 1. The predicted molar refractivity (Wildman–Crippen MR) is 117 cm³/mol. The van der Waals surface area contributed by atoms with Gasteiger partial charge in [0, 0.05) is 25.0 Å². The lowest BCUT2D eigenvalue weighted by Gasteiger charge is -2.21. The second-order valence-electron chi connectivity index (χ2n) is 7.20. The van der Waals surface area contributed by atoms with Crippen molar-refractivity contribution in [2.45, 2.75) is 51.5 Å². The molecule has 1 aliphatic rings. The highest BCUT2D eigenvalue weighted by atomic mass is 35.5. The molecule has 172 valence electrons. The molecule has 2 aromatic heterocycles. The van der Waals surface area contributed by atoms with Crippen LogP contribution < -0.4 is 0 Å². The third-order valence-electron chi connectivity index (χ3n) is 5.09. The normalized spacial score (nSPS) is 24.6. The Morgan fingerprint density at radius 2 is 1.97 bits per heavy atom. The van der Waals surface area contributed by atoms with E-state index in [0.717, 1.165) is 0 Å². The molecule has 0 aromatic carbocycles. The van der Waals surface area contributed by atoms with E-state index in [1.54, 1.807) is 44.8 Å². The topological polar surface area (TPSA) is 128 Å². The van der Waals surface area contributed by atoms with Crippen molar-refractivity contribution in [3.8, 4) is 0 Å². The minimum atomic E-state index is -3.44. The SMILES string of the molecule is CCOP(=O)(CO[C@H]1C[C@@H](n2cc(C=NC)c3c(Cl)nc(C)nc32)[C@H](O)[C@@H]1O)OCC. The third kappa shape index (κ3) is 5.01. The minimum Gasteiger partial charge on any atom is -0.388 e. The van der Waals surface area contributed by atoms with Crippen molar-refractivity contribution in [1.29, 1.82) is 0 Å². The van der Waals surface area contributed by atoms with Crippen LogP contribution in [0.2, 0.25) is 5.15 Å². The number of aromatic nitrogens is 3. The zero-order valence-electron chi connectivity index (χ0n) is 17.9. The molecule has 4 atom stereocenters. The zero-order chi connectivity index (χ0) is 22.8. The molecule has 0 unspecified atom stereocenters. The van der Waals surface area contributed by atoms with Gasteiger partial charge in [0.15, 0.2) is 0 Å². The molecule has 31 heavy (non-hydrogen) atoms. The maximum atomic E-state index is 12.7. The van der Waals surface area contributed by atoms with Crippen LogP contribution in [0.15, 0.2) is 11.2 Å². The average Bonchev–Trinajstić information content (AvgIpc) is 3.19. The van der Waals surface area contributed by atoms with Crippen molar-refractivity contribution in [2.24, 2.45) is 4.99 Å². The zero-order valence-corrected chi connectivity index (χ0v) is 19.6. The van der Waals surface area contributed by atoms with Crippen LogP contribution in [-0.4, -0.2) is 75.9 Å². The molecular weight excluding hydrogens is 447 g/mol. The van der Waals surface area contributed by atoms with Crippen molar-refractivity contribution in [3.05, 3.63) is 22.7 Å². The van der Waals surface area contributed by atoms with Crippen LogP contribution in [0.4, 0.5) is 0 Å². The fourth-order valence-corrected chi connectivity index (χ4v) is 5.53. The second kappa shape index (κ2) is 10.0. The summed E-state index contributed by atoms with van der Waals surface area (Å²) in [6, 6.07) is -0.551. The number of aliphatic hydroxyl groups excluding tert-OH is 2. The van der Waals surface area contributed by atoms with Crippen molar-refractivity contribution in [2.75, 3.05) is 26.6 Å². The highest BCUT2D eigenvalue weighted by molar-refractivity contribution is 7.53. The van der Waals surface area contributed by atoms with E-state index in [2.05, 4.69) is 15.0 Å². The van der Waals surface area contributed by atoms with Gasteiger partial charge in [-0.15, -0.1) is 0 Å². The van der Waals surface area contributed by atoms with Crippen LogP contribution in [0.5, 0.6) is 0 Å². The first-order valence-corrected chi connectivity index (χ1v) is 12.2. The lowest BCUT2D eigenvalue weighted by atomic mass is 10.2. The van der Waals surface area contributed by atoms with Crippen molar-refractivity contribution < 1.29 is 28.6 Å². The summed E-state index contributed by atoms with van der Waals surface area (Å²) in [6.45, 7) is 5.55. The monoisotopic (exact) mass is 474 g/mol. The highest BCUT2D eigenvalue weighted by Gasteiger charge is 2.45. The Morgan fingerprint density at radius 1 is 1.29 bits per heavy atom. The van der Waals surface area contributed by atoms with Crippen LogP contribution >= 0.6 is 19.2 Å². The van der Waals surface area contributed by atoms with Gasteiger partial charge in [-0.3, -0.25) is 9.56 Å². The number of aliphatic hydroxyl groups is 2. The largest absolute Gasteiger partial charge is 0.388 e. The minimum absolute atomic E-state index is 0.204. The van der Waals surface area contributed by atoms with E-state index < -0.39 is 31.9 Å². The summed E-state index contributed by atoms with van der Waals surface area (Å²) in [5.41, 5.74) is 1.23. The Balaban J connectivity index is 1.89. The summed E-state index contributed by atoms with van der Waals surface area (Å²) in [5.74, 6) is 0.479. The van der Waals surface area contributed by atoms with Crippen molar-refractivity contribution >= 4 is 36.4 Å². The van der Waals surface area contributed by atoms with Gasteiger partial charge in [-0.05, 0) is 27.2 Å². The molecule has 2 heterocycles. The Labute approximate surface area is 185 Å². The van der Waals surface area contributed by atoms with Gasteiger partial charge < -0.3 is 28.6 Å². The quantitative estimate of drug-likeness (QED) is 0.322. The summed E-state index contributed by atoms with van der Waals surface area (Å²) in [6.07, 6.45) is 0.243. The van der Waals surface area contributed by atoms with Crippen molar-refractivity contribution in [1.82, 2.24) is 14.5 Å². The molecule has 0 bridgehead atoms. The van der Waals surface area contributed by atoms with Gasteiger partial charge in [0.1, 0.15) is 35.2 Å². The number of fused-ring (bicyclic) bond motifs is 1. The molecule has 0 aliphatic heterocycles. The predicted octanol–water partition coefficient (Wildman–Crippen LogP) is 2.72. The second-order valence-corrected chi connectivity index (χ2v) is 9.56. The number of aliphatic imine (C=N–C) groups is 1. The smallest absolute Gasteiger partial charge is 0.356 e. The maximum Gasteiger partial charge on any atom is 0.356 e. The van der Waals surface area contributed by atoms with Crippen LogP contribution in [0.3, 0.4) is 0 Å². The molecule has 12 heteroatoms. The van der Waals surface area contributed by atoms with E-state index >= 15 is 0 Å². The number of nitrogens with zero attached hydrogens (tertiary/aromatic N) is 4. The summed E-state index contributed by atoms with van der Waals surface area (Å²) in [5, 5.41) is 22.3. The van der Waals surface area contributed by atoms with E-state index in [-0.39, 0.29) is 31.1 Å². The average molecular weight is 475 g/mol. The number of rotatable bonds is 9. The van der Waals surface area contributed by atoms with Gasteiger partial charge in [-0.2, -0.15) is 0 Å². The molecule has 3 rings (SSSR count).